The van der Waals surface area contributed by atoms with Gasteiger partial charge in [-0.3, -0.25) is 0 Å². The number of nitrogens with two attached hydrogens (primary N) is 1. The van der Waals surface area contributed by atoms with Crippen molar-refractivity contribution in [2.75, 3.05) is 13.6 Å². The molecule has 0 bridgehead atoms. The van der Waals surface area contributed by atoms with Gasteiger partial charge in [0.1, 0.15) is 0 Å². The molecule has 0 aliphatic heterocycles. The molecular formula is C11H26N2. The zero-order valence-electron chi connectivity index (χ0n) is 10.1. The van der Waals surface area contributed by atoms with Gasteiger partial charge in [-0.2, -0.15) is 0 Å². The van der Waals surface area contributed by atoms with Gasteiger partial charge in [-0.1, -0.05) is 20.8 Å². The molecule has 0 aliphatic rings. The van der Waals surface area contributed by atoms with Crippen molar-refractivity contribution < 1.29 is 0 Å². The van der Waals surface area contributed by atoms with Crippen molar-refractivity contribution in [3.05, 3.63) is 0 Å². The predicted octanol–water partition coefficient (Wildman–Crippen LogP) is 2.09. The van der Waals surface area contributed by atoms with Gasteiger partial charge in [0, 0.05) is 12.1 Å². The first-order valence-electron chi connectivity index (χ1n) is 5.21. The van der Waals surface area contributed by atoms with Crippen LogP contribution in [0.3, 0.4) is 0 Å². The molecule has 0 heterocycles. The van der Waals surface area contributed by atoms with E-state index in [4.69, 9.17) is 5.73 Å². The first-order valence-corrected chi connectivity index (χ1v) is 5.21. The summed E-state index contributed by atoms with van der Waals surface area (Å²) < 4.78 is 0. The summed E-state index contributed by atoms with van der Waals surface area (Å²) in [5.41, 5.74) is 6.31. The second kappa shape index (κ2) is 4.97. The highest BCUT2D eigenvalue weighted by molar-refractivity contribution is 4.77. The number of hydrogen-bond donors (Lipinski definition) is 1. The van der Waals surface area contributed by atoms with Gasteiger partial charge in [0.2, 0.25) is 0 Å². The first-order chi connectivity index (χ1) is 5.75. The maximum atomic E-state index is 6.07. The Morgan fingerprint density at radius 2 is 1.69 bits per heavy atom. The fourth-order valence-electron chi connectivity index (χ4n) is 1.03. The Labute approximate surface area is 83.5 Å². The van der Waals surface area contributed by atoms with Crippen LogP contribution < -0.4 is 5.73 Å². The van der Waals surface area contributed by atoms with Crippen LogP contribution in [0.1, 0.15) is 41.0 Å². The van der Waals surface area contributed by atoms with E-state index in [1.807, 2.05) is 0 Å². The van der Waals surface area contributed by atoms with Crippen molar-refractivity contribution in [2.45, 2.75) is 53.1 Å². The molecule has 0 rings (SSSR count). The van der Waals surface area contributed by atoms with Crippen molar-refractivity contribution in [3.8, 4) is 0 Å². The second-order valence-corrected chi connectivity index (χ2v) is 5.34. The van der Waals surface area contributed by atoms with Crippen molar-refractivity contribution in [2.24, 2.45) is 11.1 Å². The smallest absolute Gasteiger partial charge is 0.00998 e. The molecule has 0 aromatic rings. The van der Waals surface area contributed by atoms with Crippen LogP contribution in [-0.4, -0.2) is 30.6 Å². The molecule has 0 radical (unpaired) electrons. The molecule has 0 fully saturated rings. The van der Waals surface area contributed by atoms with Crippen LogP contribution in [0.25, 0.3) is 0 Å². The average molecular weight is 186 g/mol. The maximum Gasteiger partial charge on any atom is 0.00998 e. The van der Waals surface area contributed by atoms with Crippen LogP contribution in [0.5, 0.6) is 0 Å². The molecule has 2 N–H and O–H groups in total. The Kier molecular flexibility index (Phi) is 4.93. The van der Waals surface area contributed by atoms with Crippen LogP contribution in [0.2, 0.25) is 0 Å². The van der Waals surface area contributed by atoms with E-state index in [1.165, 1.54) is 0 Å². The lowest BCUT2D eigenvalue weighted by Crippen LogP contribution is -2.39. The lowest BCUT2D eigenvalue weighted by Gasteiger charge is -2.30. The summed E-state index contributed by atoms with van der Waals surface area (Å²) >= 11 is 0. The van der Waals surface area contributed by atoms with Gasteiger partial charge < -0.3 is 10.6 Å². The molecule has 0 amide bonds. The van der Waals surface area contributed by atoms with E-state index in [2.05, 4.69) is 46.6 Å². The summed E-state index contributed by atoms with van der Waals surface area (Å²) in [5.74, 6) is 0. The highest BCUT2D eigenvalue weighted by Gasteiger charge is 2.20. The van der Waals surface area contributed by atoms with Gasteiger partial charge in [-0.25, -0.2) is 0 Å². The normalized spacial score (nSPS) is 15.5. The summed E-state index contributed by atoms with van der Waals surface area (Å²) in [4.78, 5) is 2.34. The molecule has 0 saturated heterocycles. The second-order valence-electron chi connectivity index (χ2n) is 5.34. The van der Waals surface area contributed by atoms with Crippen molar-refractivity contribution >= 4 is 0 Å². The molecule has 2 heteroatoms. The Hall–Kier alpha value is -0.0800. The molecule has 0 aromatic heterocycles. The highest BCUT2D eigenvalue weighted by atomic mass is 15.1. The van der Waals surface area contributed by atoms with Crippen LogP contribution in [0.4, 0.5) is 0 Å². The van der Waals surface area contributed by atoms with E-state index in [9.17, 15) is 0 Å². The third-order valence-corrected chi connectivity index (χ3v) is 2.79. The topological polar surface area (TPSA) is 29.3 Å². The molecule has 0 aliphatic carbocycles. The maximum absolute atomic E-state index is 6.07. The fraction of sp³-hybridized carbons (Fsp3) is 1.00. The summed E-state index contributed by atoms with van der Waals surface area (Å²) in [6.07, 6.45) is 1.08. The van der Waals surface area contributed by atoms with Gasteiger partial charge >= 0.3 is 0 Å². The van der Waals surface area contributed by atoms with E-state index < -0.39 is 0 Å². The van der Waals surface area contributed by atoms with Gasteiger partial charge in [-0.15, -0.1) is 0 Å². The van der Waals surface area contributed by atoms with Gasteiger partial charge in [0.15, 0.2) is 0 Å². The average Bonchev–Trinajstić information content (AvgIpc) is 1.97. The third kappa shape index (κ3) is 5.27. The molecule has 1 atom stereocenters. The lowest BCUT2D eigenvalue weighted by molar-refractivity contribution is 0.227. The van der Waals surface area contributed by atoms with Crippen molar-refractivity contribution in [1.29, 1.82) is 0 Å². The molecule has 0 spiro atoms. The summed E-state index contributed by atoms with van der Waals surface area (Å²) in [6, 6.07) is 0.917. The summed E-state index contributed by atoms with van der Waals surface area (Å²) in [7, 11) is 2.15. The van der Waals surface area contributed by atoms with E-state index in [0.717, 1.165) is 13.0 Å². The number of hydrogen-bond acceptors (Lipinski definition) is 2. The fourth-order valence-corrected chi connectivity index (χ4v) is 1.03. The van der Waals surface area contributed by atoms with Gasteiger partial charge in [0.25, 0.3) is 0 Å². The first kappa shape index (κ1) is 12.9. The van der Waals surface area contributed by atoms with E-state index in [1.54, 1.807) is 0 Å². The molecule has 0 aromatic carbocycles. The quantitative estimate of drug-likeness (QED) is 0.728. The Morgan fingerprint density at radius 1 is 1.23 bits per heavy atom. The minimum absolute atomic E-state index is 0.234. The molecular weight excluding hydrogens is 160 g/mol. The Bertz CT molecular complexity index is 136. The van der Waals surface area contributed by atoms with E-state index in [-0.39, 0.29) is 5.41 Å². The van der Waals surface area contributed by atoms with Gasteiger partial charge in [0.05, 0.1) is 0 Å². The van der Waals surface area contributed by atoms with Crippen molar-refractivity contribution in [3.63, 3.8) is 0 Å². The van der Waals surface area contributed by atoms with Gasteiger partial charge in [-0.05, 0) is 39.3 Å². The minimum atomic E-state index is 0.234. The minimum Gasteiger partial charge on any atom is -0.327 e. The standard InChI is InChI=1S/C11H26N2/c1-9(2)13(6)8-7-10(12)11(3,4)5/h9-10H,7-8,12H2,1-6H3. The van der Waals surface area contributed by atoms with Crippen molar-refractivity contribution in [1.82, 2.24) is 4.90 Å². The predicted molar refractivity (Wildman–Crippen MR) is 59.8 cm³/mol. The largest absolute Gasteiger partial charge is 0.327 e. The Balaban J connectivity index is 3.77. The molecule has 13 heavy (non-hydrogen) atoms. The molecule has 80 valence electrons. The molecule has 0 saturated carbocycles. The monoisotopic (exact) mass is 186 g/mol. The SMILES string of the molecule is CC(C)N(C)CCC(N)C(C)(C)C. The Morgan fingerprint density at radius 3 is 2.00 bits per heavy atom. The lowest BCUT2D eigenvalue weighted by atomic mass is 9.85. The van der Waals surface area contributed by atoms with E-state index in [0.29, 0.717) is 12.1 Å². The van der Waals surface area contributed by atoms with E-state index >= 15 is 0 Å². The summed E-state index contributed by atoms with van der Waals surface area (Å²) in [6.45, 7) is 12.1. The number of nitrogens with zero attached hydrogens (tertiary/aromatic N) is 1. The van der Waals surface area contributed by atoms with Crippen LogP contribution >= 0.6 is 0 Å². The molecule has 1 unspecified atom stereocenters. The zero-order chi connectivity index (χ0) is 10.6. The molecule has 2 nitrogen and oxygen atoms in total. The number of rotatable bonds is 4. The summed E-state index contributed by atoms with van der Waals surface area (Å²) in [5, 5.41) is 0. The van der Waals surface area contributed by atoms with Crippen LogP contribution in [-0.2, 0) is 0 Å². The van der Waals surface area contributed by atoms with Crippen LogP contribution in [0.15, 0.2) is 0 Å². The zero-order valence-corrected chi connectivity index (χ0v) is 10.1. The van der Waals surface area contributed by atoms with Crippen LogP contribution in [0, 0.1) is 5.41 Å². The third-order valence-electron chi connectivity index (χ3n) is 2.79. The highest BCUT2D eigenvalue weighted by Crippen LogP contribution is 2.19.